The Morgan fingerprint density at radius 1 is 1.47 bits per heavy atom. The number of hydrogen-bond donors (Lipinski definition) is 2. The van der Waals surface area contributed by atoms with E-state index in [0.29, 0.717) is 10.8 Å². The molecule has 0 radical (unpaired) electrons. The van der Waals surface area contributed by atoms with Gasteiger partial charge >= 0.3 is 0 Å². The second kappa shape index (κ2) is 4.89. The first-order valence-electron chi connectivity index (χ1n) is 5.17. The maximum absolute atomic E-state index is 5.99. The van der Waals surface area contributed by atoms with Gasteiger partial charge in [0, 0.05) is 9.75 Å². The Balaban J connectivity index is 2.18. The number of anilines is 2. The van der Waals surface area contributed by atoms with Crippen molar-refractivity contribution in [2.75, 3.05) is 11.1 Å². The summed E-state index contributed by atoms with van der Waals surface area (Å²) >= 11 is 7.74. The SMILES string of the molecule is Cc1ccc(C(C)Nc2nc(N)ncc2Cl)s1. The van der Waals surface area contributed by atoms with Crippen LogP contribution in [-0.4, -0.2) is 9.97 Å². The second-order valence-corrected chi connectivity index (χ2v) is 5.47. The van der Waals surface area contributed by atoms with E-state index >= 15 is 0 Å². The molecule has 0 aliphatic carbocycles. The highest BCUT2D eigenvalue weighted by Gasteiger charge is 2.11. The van der Waals surface area contributed by atoms with Crippen molar-refractivity contribution in [1.29, 1.82) is 0 Å². The minimum atomic E-state index is 0.139. The molecule has 1 unspecified atom stereocenters. The molecule has 1 atom stereocenters. The van der Waals surface area contributed by atoms with E-state index in [0.717, 1.165) is 0 Å². The maximum Gasteiger partial charge on any atom is 0.222 e. The summed E-state index contributed by atoms with van der Waals surface area (Å²) in [5, 5.41) is 3.70. The maximum atomic E-state index is 5.99. The zero-order valence-corrected chi connectivity index (χ0v) is 11.1. The zero-order valence-electron chi connectivity index (χ0n) is 9.57. The van der Waals surface area contributed by atoms with Gasteiger partial charge in [-0.1, -0.05) is 11.6 Å². The van der Waals surface area contributed by atoms with Crippen LogP contribution >= 0.6 is 22.9 Å². The Morgan fingerprint density at radius 3 is 2.88 bits per heavy atom. The lowest BCUT2D eigenvalue weighted by molar-refractivity contribution is 0.894. The number of thiophene rings is 1. The van der Waals surface area contributed by atoms with Crippen LogP contribution in [0.5, 0.6) is 0 Å². The van der Waals surface area contributed by atoms with Gasteiger partial charge in [0.1, 0.15) is 5.02 Å². The van der Waals surface area contributed by atoms with Gasteiger partial charge in [-0.2, -0.15) is 4.98 Å². The fraction of sp³-hybridized carbons (Fsp3) is 0.273. The summed E-state index contributed by atoms with van der Waals surface area (Å²) in [7, 11) is 0. The molecule has 4 nitrogen and oxygen atoms in total. The molecule has 90 valence electrons. The van der Waals surface area contributed by atoms with Gasteiger partial charge in [0.15, 0.2) is 5.82 Å². The lowest BCUT2D eigenvalue weighted by Gasteiger charge is -2.13. The van der Waals surface area contributed by atoms with Crippen molar-refractivity contribution in [3.63, 3.8) is 0 Å². The molecule has 2 heterocycles. The van der Waals surface area contributed by atoms with E-state index in [2.05, 4.69) is 41.3 Å². The van der Waals surface area contributed by atoms with Crippen molar-refractivity contribution < 1.29 is 0 Å². The standard InChI is InChI=1S/C11H13ClN4S/c1-6-3-4-9(17-6)7(2)15-10-8(12)5-14-11(13)16-10/h3-5,7H,1-2H3,(H3,13,14,15,16). The molecule has 0 aliphatic heterocycles. The zero-order chi connectivity index (χ0) is 12.4. The first-order chi connectivity index (χ1) is 8.06. The van der Waals surface area contributed by atoms with Gasteiger partial charge in [0.2, 0.25) is 5.95 Å². The Morgan fingerprint density at radius 2 is 2.24 bits per heavy atom. The van der Waals surface area contributed by atoms with Crippen LogP contribution in [-0.2, 0) is 0 Å². The van der Waals surface area contributed by atoms with Crippen LogP contribution in [0.2, 0.25) is 5.02 Å². The van der Waals surface area contributed by atoms with Crippen molar-refractivity contribution in [2.45, 2.75) is 19.9 Å². The van der Waals surface area contributed by atoms with Gasteiger partial charge in [0.05, 0.1) is 12.2 Å². The third kappa shape index (κ3) is 2.87. The number of halogens is 1. The van der Waals surface area contributed by atoms with Gasteiger partial charge in [-0.25, -0.2) is 4.98 Å². The van der Waals surface area contributed by atoms with Crippen molar-refractivity contribution in [3.8, 4) is 0 Å². The normalized spacial score (nSPS) is 12.4. The molecule has 0 spiro atoms. The molecule has 17 heavy (non-hydrogen) atoms. The van der Waals surface area contributed by atoms with Crippen molar-refractivity contribution >= 4 is 34.7 Å². The van der Waals surface area contributed by atoms with Gasteiger partial charge < -0.3 is 11.1 Å². The second-order valence-electron chi connectivity index (χ2n) is 3.74. The van der Waals surface area contributed by atoms with Crippen LogP contribution in [0.3, 0.4) is 0 Å². The molecule has 0 saturated heterocycles. The predicted octanol–water partition coefficient (Wildman–Crippen LogP) is 3.26. The molecule has 3 N–H and O–H groups in total. The molecule has 0 bridgehead atoms. The van der Waals surface area contributed by atoms with E-state index in [4.69, 9.17) is 17.3 Å². The Labute approximate surface area is 109 Å². The van der Waals surface area contributed by atoms with Crippen molar-refractivity contribution in [1.82, 2.24) is 9.97 Å². The number of hydrogen-bond acceptors (Lipinski definition) is 5. The smallest absolute Gasteiger partial charge is 0.222 e. The van der Waals surface area contributed by atoms with E-state index in [1.54, 1.807) is 11.3 Å². The average Bonchev–Trinajstić information content (AvgIpc) is 2.70. The number of nitrogens with zero attached hydrogens (tertiary/aromatic N) is 2. The molecular formula is C11H13ClN4S. The van der Waals surface area contributed by atoms with E-state index in [1.807, 2.05) is 0 Å². The average molecular weight is 269 g/mol. The summed E-state index contributed by atoms with van der Waals surface area (Å²) in [4.78, 5) is 10.4. The third-order valence-electron chi connectivity index (χ3n) is 2.30. The van der Waals surface area contributed by atoms with Gasteiger partial charge in [-0.3, -0.25) is 0 Å². The quantitative estimate of drug-likeness (QED) is 0.897. The highest BCUT2D eigenvalue weighted by Crippen LogP contribution is 2.27. The fourth-order valence-electron chi connectivity index (χ4n) is 1.44. The van der Waals surface area contributed by atoms with Gasteiger partial charge in [-0.15, -0.1) is 11.3 Å². The molecule has 0 fully saturated rings. The largest absolute Gasteiger partial charge is 0.368 e. The van der Waals surface area contributed by atoms with Crippen LogP contribution in [0.25, 0.3) is 0 Å². The molecule has 0 saturated carbocycles. The monoisotopic (exact) mass is 268 g/mol. The number of aromatic nitrogens is 2. The molecule has 2 rings (SSSR count). The molecule has 0 aliphatic rings. The minimum Gasteiger partial charge on any atom is -0.368 e. The summed E-state index contributed by atoms with van der Waals surface area (Å²) in [6, 6.07) is 4.32. The van der Waals surface area contributed by atoms with Crippen LogP contribution in [0.1, 0.15) is 22.7 Å². The van der Waals surface area contributed by atoms with Crippen LogP contribution in [0, 0.1) is 6.92 Å². The van der Waals surface area contributed by atoms with Gasteiger partial charge in [0.25, 0.3) is 0 Å². The summed E-state index contributed by atoms with van der Waals surface area (Å²) in [6.07, 6.45) is 1.50. The summed E-state index contributed by atoms with van der Waals surface area (Å²) in [6.45, 7) is 4.14. The molecule has 2 aromatic heterocycles. The van der Waals surface area contributed by atoms with E-state index < -0.39 is 0 Å². The van der Waals surface area contributed by atoms with Crippen molar-refractivity contribution in [3.05, 3.63) is 33.1 Å². The number of nitrogens with one attached hydrogen (secondary N) is 1. The summed E-state index contributed by atoms with van der Waals surface area (Å²) < 4.78 is 0. The highest BCUT2D eigenvalue weighted by atomic mass is 35.5. The molecule has 0 amide bonds. The van der Waals surface area contributed by atoms with Crippen LogP contribution < -0.4 is 11.1 Å². The lowest BCUT2D eigenvalue weighted by Crippen LogP contribution is -2.08. The topological polar surface area (TPSA) is 63.8 Å². The molecule has 6 heteroatoms. The van der Waals surface area contributed by atoms with E-state index in [9.17, 15) is 0 Å². The fourth-order valence-corrected chi connectivity index (χ4v) is 2.47. The number of nitrogens with two attached hydrogens (primary N) is 1. The van der Waals surface area contributed by atoms with Crippen LogP contribution in [0.15, 0.2) is 18.3 Å². The number of aryl methyl sites for hydroxylation is 1. The van der Waals surface area contributed by atoms with Crippen molar-refractivity contribution in [2.24, 2.45) is 0 Å². The molecule has 2 aromatic rings. The third-order valence-corrected chi connectivity index (χ3v) is 3.76. The first-order valence-corrected chi connectivity index (χ1v) is 6.36. The lowest BCUT2D eigenvalue weighted by atomic mass is 10.2. The minimum absolute atomic E-state index is 0.139. The molecule has 0 aromatic carbocycles. The van der Waals surface area contributed by atoms with Gasteiger partial charge in [-0.05, 0) is 26.0 Å². The first kappa shape index (κ1) is 12.1. The summed E-state index contributed by atoms with van der Waals surface area (Å²) in [5.41, 5.74) is 5.53. The number of rotatable bonds is 3. The molecular weight excluding hydrogens is 256 g/mol. The Hall–Kier alpha value is -1.33. The van der Waals surface area contributed by atoms with E-state index in [-0.39, 0.29) is 12.0 Å². The predicted molar refractivity (Wildman–Crippen MR) is 72.5 cm³/mol. The van der Waals surface area contributed by atoms with Crippen LogP contribution in [0.4, 0.5) is 11.8 Å². The Bertz CT molecular complexity index is 526. The highest BCUT2D eigenvalue weighted by molar-refractivity contribution is 7.12. The number of nitrogen functional groups attached to an aromatic ring is 1. The summed E-state index contributed by atoms with van der Waals surface area (Å²) in [5.74, 6) is 0.782. The Kier molecular flexibility index (Phi) is 3.49. The van der Waals surface area contributed by atoms with E-state index in [1.165, 1.54) is 16.0 Å².